The molecule has 0 saturated heterocycles. The Morgan fingerprint density at radius 1 is 0.912 bits per heavy atom. The molecular formula is C29H45O5. The van der Waals surface area contributed by atoms with Gasteiger partial charge in [0.2, 0.25) is 0 Å². The summed E-state index contributed by atoms with van der Waals surface area (Å²) in [5.74, 6) is -0.286. The number of rotatable bonds is 20. The summed E-state index contributed by atoms with van der Waals surface area (Å²) in [5.41, 5.74) is 2.37. The Labute approximate surface area is 207 Å². The van der Waals surface area contributed by atoms with Crippen molar-refractivity contribution in [2.75, 3.05) is 13.2 Å². The highest BCUT2D eigenvalue weighted by Gasteiger charge is 2.14. The molecule has 5 nitrogen and oxygen atoms in total. The van der Waals surface area contributed by atoms with Gasteiger partial charge >= 0.3 is 5.97 Å². The van der Waals surface area contributed by atoms with Crippen LogP contribution in [-0.4, -0.2) is 30.6 Å². The van der Waals surface area contributed by atoms with Crippen molar-refractivity contribution in [3.63, 3.8) is 0 Å². The van der Waals surface area contributed by atoms with Crippen LogP contribution in [0.5, 0.6) is 0 Å². The Morgan fingerprint density at radius 3 is 2.06 bits per heavy atom. The van der Waals surface area contributed by atoms with Crippen LogP contribution < -0.4 is 0 Å². The summed E-state index contributed by atoms with van der Waals surface area (Å²) < 4.78 is 17.3. The Hall–Kier alpha value is -1.95. The zero-order valence-corrected chi connectivity index (χ0v) is 21.3. The van der Waals surface area contributed by atoms with Gasteiger partial charge in [0.25, 0.3) is 0 Å². The van der Waals surface area contributed by atoms with Crippen molar-refractivity contribution in [2.24, 2.45) is 0 Å². The first-order valence-electron chi connectivity index (χ1n) is 12.8. The van der Waals surface area contributed by atoms with Crippen LogP contribution in [0.4, 0.5) is 0 Å². The number of benzene rings is 1. The lowest BCUT2D eigenvalue weighted by Crippen LogP contribution is -2.21. The second-order valence-corrected chi connectivity index (χ2v) is 8.44. The standard InChI is InChI=1S/C29H45O5/c1-4-6-8-10-12-14-18-32-29(33-19-15-13-11-9-7-5-2)17-16-28(31)34-24-27-21-25(3)20-26(22-27)23-30/h6-9,20-22,29-30H,3-5,10-19,23-24H2,1-2H3/b8-6-,9-7-. The van der Waals surface area contributed by atoms with Crippen LogP contribution in [0, 0.1) is 6.92 Å². The molecule has 0 saturated carbocycles. The third-order valence-corrected chi connectivity index (χ3v) is 5.22. The Morgan fingerprint density at radius 2 is 1.50 bits per heavy atom. The third-order valence-electron chi connectivity index (χ3n) is 5.22. The number of esters is 1. The molecule has 0 unspecified atom stereocenters. The van der Waals surface area contributed by atoms with Gasteiger partial charge in [0.1, 0.15) is 6.61 Å². The summed E-state index contributed by atoms with van der Waals surface area (Å²) in [5, 5.41) is 9.32. The van der Waals surface area contributed by atoms with Crippen molar-refractivity contribution in [3.8, 4) is 0 Å². The first-order valence-corrected chi connectivity index (χ1v) is 12.8. The van der Waals surface area contributed by atoms with Crippen LogP contribution >= 0.6 is 0 Å². The average Bonchev–Trinajstić information content (AvgIpc) is 2.83. The van der Waals surface area contributed by atoms with Crippen LogP contribution in [0.1, 0.15) is 94.7 Å². The second-order valence-electron chi connectivity index (χ2n) is 8.44. The number of ether oxygens (including phenoxy) is 3. The number of aliphatic hydroxyl groups excluding tert-OH is 1. The lowest BCUT2D eigenvalue weighted by atomic mass is 10.1. The van der Waals surface area contributed by atoms with E-state index in [4.69, 9.17) is 14.2 Å². The van der Waals surface area contributed by atoms with Gasteiger partial charge in [0.15, 0.2) is 6.29 Å². The molecule has 1 radical (unpaired) electrons. The highest BCUT2D eigenvalue weighted by Crippen LogP contribution is 2.13. The van der Waals surface area contributed by atoms with Crippen molar-refractivity contribution in [2.45, 2.75) is 97.6 Å². The summed E-state index contributed by atoms with van der Waals surface area (Å²) in [4.78, 5) is 12.3. The molecule has 0 bridgehead atoms. The van der Waals surface area contributed by atoms with Gasteiger partial charge in [-0.05, 0) is 75.0 Å². The van der Waals surface area contributed by atoms with E-state index in [1.807, 2.05) is 18.2 Å². The highest BCUT2D eigenvalue weighted by molar-refractivity contribution is 5.69. The second kappa shape index (κ2) is 20.4. The van der Waals surface area contributed by atoms with E-state index in [9.17, 15) is 9.90 Å². The van der Waals surface area contributed by atoms with Gasteiger partial charge in [-0.25, -0.2) is 0 Å². The zero-order chi connectivity index (χ0) is 24.9. The molecule has 0 atom stereocenters. The van der Waals surface area contributed by atoms with Crippen LogP contribution in [0.2, 0.25) is 0 Å². The van der Waals surface area contributed by atoms with Crippen LogP contribution in [0.25, 0.3) is 0 Å². The number of carbonyl (C=O) groups excluding carboxylic acids is 1. The predicted molar refractivity (Wildman–Crippen MR) is 138 cm³/mol. The summed E-state index contributed by atoms with van der Waals surface area (Å²) in [6, 6.07) is 5.49. The topological polar surface area (TPSA) is 65.0 Å². The summed E-state index contributed by atoms with van der Waals surface area (Å²) >= 11 is 0. The van der Waals surface area contributed by atoms with E-state index in [0.29, 0.717) is 19.6 Å². The molecule has 1 rings (SSSR count). The molecule has 0 heterocycles. The Bertz CT molecular complexity index is 686. The lowest BCUT2D eigenvalue weighted by molar-refractivity contribution is -0.160. The van der Waals surface area contributed by atoms with Gasteiger partial charge in [-0.15, -0.1) is 0 Å². The molecule has 0 aromatic heterocycles. The number of aliphatic hydroxyl groups is 1. The van der Waals surface area contributed by atoms with E-state index in [0.717, 1.165) is 68.1 Å². The minimum atomic E-state index is -0.394. The smallest absolute Gasteiger partial charge is 0.306 e. The van der Waals surface area contributed by atoms with Crippen LogP contribution in [0.15, 0.2) is 42.5 Å². The Kier molecular flexibility index (Phi) is 18.1. The highest BCUT2D eigenvalue weighted by atomic mass is 16.7. The molecule has 34 heavy (non-hydrogen) atoms. The molecule has 5 heteroatoms. The minimum Gasteiger partial charge on any atom is -0.461 e. The average molecular weight is 474 g/mol. The monoisotopic (exact) mass is 473 g/mol. The normalized spacial score (nSPS) is 11.8. The van der Waals surface area contributed by atoms with Gasteiger partial charge < -0.3 is 19.3 Å². The van der Waals surface area contributed by atoms with Crippen molar-refractivity contribution < 1.29 is 24.1 Å². The molecule has 0 amide bonds. The largest absolute Gasteiger partial charge is 0.461 e. The maximum atomic E-state index is 12.3. The van der Waals surface area contributed by atoms with Crippen LogP contribution in [0.3, 0.4) is 0 Å². The minimum absolute atomic E-state index is 0.0650. The van der Waals surface area contributed by atoms with Gasteiger partial charge in [0, 0.05) is 19.6 Å². The number of unbranched alkanes of at least 4 members (excludes halogenated alkanes) is 4. The third kappa shape index (κ3) is 15.8. The molecular weight excluding hydrogens is 428 g/mol. The Balaban J connectivity index is 2.40. The first-order chi connectivity index (χ1) is 16.6. The van der Waals surface area contributed by atoms with Gasteiger partial charge in [-0.3, -0.25) is 4.79 Å². The molecule has 1 N–H and O–H groups in total. The molecule has 0 aliphatic heterocycles. The lowest BCUT2D eigenvalue weighted by Gasteiger charge is -2.18. The van der Waals surface area contributed by atoms with Gasteiger partial charge in [0.05, 0.1) is 13.0 Å². The fourth-order valence-corrected chi connectivity index (χ4v) is 3.43. The quantitative estimate of drug-likeness (QED) is 0.0974. The summed E-state index contributed by atoms with van der Waals surface area (Å²) in [7, 11) is 0. The number of hydrogen-bond donors (Lipinski definition) is 1. The first kappa shape index (κ1) is 30.1. The molecule has 0 aliphatic carbocycles. The molecule has 1 aromatic rings. The number of allylic oxidation sites excluding steroid dienone is 4. The molecule has 0 aliphatic rings. The molecule has 0 spiro atoms. The van der Waals surface area contributed by atoms with E-state index in [1.165, 1.54) is 0 Å². The zero-order valence-electron chi connectivity index (χ0n) is 21.3. The van der Waals surface area contributed by atoms with Crippen molar-refractivity contribution >= 4 is 5.97 Å². The molecule has 0 fully saturated rings. The van der Waals surface area contributed by atoms with Crippen molar-refractivity contribution in [1.82, 2.24) is 0 Å². The fraction of sp³-hybridized carbons (Fsp3) is 0.586. The van der Waals surface area contributed by atoms with Crippen molar-refractivity contribution in [3.05, 3.63) is 66.1 Å². The SMILES string of the molecule is [CH2]c1cc(CO)cc(COC(=O)CCC(OCCCC/C=C\CC)OCCCC/C=C\CC)c1. The van der Waals surface area contributed by atoms with E-state index in [-0.39, 0.29) is 25.6 Å². The van der Waals surface area contributed by atoms with E-state index in [1.54, 1.807) is 0 Å². The molecule has 191 valence electrons. The number of carbonyl (C=O) groups is 1. The van der Waals surface area contributed by atoms with Crippen molar-refractivity contribution in [1.29, 1.82) is 0 Å². The maximum absolute atomic E-state index is 12.3. The number of hydrogen-bond acceptors (Lipinski definition) is 5. The van der Waals surface area contributed by atoms with E-state index < -0.39 is 6.29 Å². The maximum Gasteiger partial charge on any atom is 0.306 e. The summed E-state index contributed by atoms with van der Waals surface area (Å²) in [6.45, 7) is 9.52. The predicted octanol–water partition coefficient (Wildman–Crippen LogP) is 6.82. The van der Waals surface area contributed by atoms with E-state index in [2.05, 4.69) is 45.1 Å². The van der Waals surface area contributed by atoms with Gasteiger partial charge in [-0.1, -0.05) is 56.4 Å². The summed E-state index contributed by atoms with van der Waals surface area (Å²) in [6.07, 6.45) is 17.5. The molecule has 1 aromatic carbocycles. The fourth-order valence-electron chi connectivity index (χ4n) is 3.43. The van der Waals surface area contributed by atoms with E-state index >= 15 is 0 Å². The van der Waals surface area contributed by atoms with Gasteiger partial charge in [-0.2, -0.15) is 0 Å². The van der Waals surface area contributed by atoms with Crippen LogP contribution in [-0.2, 0) is 32.2 Å².